The number of ether oxygens (including phenoxy) is 1. The van der Waals surface area contributed by atoms with Gasteiger partial charge in [-0.1, -0.05) is 12.1 Å². The predicted octanol–water partition coefficient (Wildman–Crippen LogP) is 2.61. The average Bonchev–Trinajstić information content (AvgIpc) is 2.30. The molecule has 3 nitrogen and oxygen atoms in total. The van der Waals surface area contributed by atoms with E-state index in [1.807, 2.05) is 26.0 Å². The van der Waals surface area contributed by atoms with Crippen LogP contribution in [0.2, 0.25) is 0 Å². The van der Waals surface area contributed by atoms with E-state index in [2.05, 4.69) is 0 Å². The lowest BCUT2D eigenvalue weighted by atomic mass is 10.0. The molecule has 1 rings (SSSR count). The van der Waals surface area contributed by atoms with Crippen LogP contribution >= 0.6 is 0 Å². The second-order valence-electron chi connectivity index (χ2n) is 3.75. The summed E-state index contributed by atoms with van der Waals surface area (Å²) in [7, 11) is 0. The summed E-state index contributed by atoms with van der Waals surface area (Å²) < 4.78 is 4.69. The zero-order valence-corrected chi connectivity index (χ0v) is 10.3. The molecule has 0 saturated carbocycles. The molecule has 1 aromatic carbocycles. The number of aryl methyl sites for hydroxylation is 2. The Balaban J connectivity index is 2.76. The van der Waals surface area contributed by atoms with Crippen LogP contribution in [0.5, 0.6) is 0 Å². The van der Waals surface area contributed by atoms with Gasteiger partial charge in [0.25, 0.3) is 0 Å². The Hall–Kier alpha value is -1.90. The number of carbonyl (C=O) groups excluding carboxylic acids is 2. The maximum Gasteiger partial charge on any atom is 0.330 e. The van der Waals surface area contributed by atoms with E-state index >= 15 is 0 Å². The molecule has 17 heavy (non-hydrogen) atoms. The van der Waals surface area contributed by atoms with Crippen molar-refractivity contribution in [2.45, 2.75) is 20.8 Å². The van der Waals surface area contributed by atoms with Crippen molar-refractivity contribution < 1.29 is 14.3 Å². The Bertz CT molecular complexity index is 459. The van der Waals surface area contributed by atoms with Crippen LogP contribution < -0.4 is 0 Å². The minimum Gasteiger partial charge on any atom is -0.463 e. The first kappa shape index (κ1) is 13.2. The van der Waals surface area contributed by atoms with Crippen LogP contribution in [0, 0.1) is 13.8 Å². The molecular formula is C14H16O3. The minimum absolute atomic E-state index is 0.193. The predicted molar refractivity (Wildman–Crippen MR) is 66.0 cm³/mol. The van der Waals surface area contributed by atoms with E-state index in [9.17, 15) is 9.59 Å². The molecular weight excluding hydrogens is 216 g/mol. The van der Waals surface area contributed by atoms with Gasteiger partial charge in [0, 0.05) is 11.6 Å². The van der Waals surface area contributed by atoms with Crippen LogP contribution in [0.3, 0.4) is 0 Å². The van der Waals surface area contributed by atoms with Crippen LogP contribution in [-0.2, 0) is 9.53 Å². The molecule has 0 bridgehead atoms. The van der Waals surface area contributed by atoms with E-state index in [1.54, 1.807) is 13.0 Å². The highest BCUT2D eigenvalue weighted by Crippen LogP contribution is 2.10. The molecule has 1 aromatic rings. The van der Waals surface area contributed by atoms with Gasteiger partial charge in [-0.25, -0.2) is 4.79 Å². The average molecular weight is 232 g/mol. The molecule has 0 N–H and O–H groups in total. The molecule has 0 saturated heterocycles. The topological polar surface area (TPSA) is 43.4 Å². The van der Waals surface area contributed by atoms with Crippen molar-refractivity contribution >= 4 is 11.8 Å². The summed E-state index contributed by atoms with van der Waals surface area (Å²) in [6, 6.07) is 5.45. The van der Waals surface area contributed by atoms with E-state index in [-0.39, 0.29) is 5.78 Å². The van der Waals surface area contributed by atoms with E-state index in [0.717, 1.165) is 17.2 Å². The summed E-state index contributed by atoms with van der Waals surface area (Å²) in [5, 5.41) is 0. The zero-order chi connectivity index (χ0) is 12.8. The number of esters is 1. The highest BCUT2D eigenvalue weighted by Gasteiger charge is 2.04. The summed E-state index contributed by atoms with van der Waals surface area (Å²) in [6.07, 6.45) is 2.39. The van der Waals surface area contributed by atoms with Crippen molar-refractivity contribution in [3.05, 3.63) is 47.0 Å². The van der Waals surface area contributed by atoms with Crippen LogP contribution in [0.1, 0.15) is 28.4 Å². The number of ketones is 1. The van der Waals surface area contributed by atoms with Crippen molar-refractivity contribution in [1.82, 2.24) is 0 Å². The molecule has 0 unspecified atom stereocenters. The second kappa shape index (κ2) is 5.99. The molecule has 0 atom stereocenters. The smallest absolute Gasteiger partial charge is 0.330 e. The standard InChI is InChI=1S/C14H16O3/c1-4-17-14(16)8-7-13(15)12-6-5-10(2)11(3)9-12/h5-9H,4H2,1-3H3. The number of rotatable bonds is 4. The van der Waals surface area contributed by atoms with Crippen molar-refractivity contribution in [2.24, 2.45) is 0 Å². The summed E-state index contributed by atoms with van der Waals surface area (Å²) in [4.78, 5) is 22.8. The van der Waals surface area contributed by atoms with Gasteiger partial charge in [0.2, 0.25) is 0 Å². The second-order valence-corrected chi connectivity index (χ2v) is 3.75. The van der Waals surface area contributed by atoms with E-state index in [0.29, 0.717) is 12.2 Å². The van der Waals surface area contributed by atoms with Crippen LogP contribution in [0.4, 0.5) is 0 Å². The molecule has 0 aromatic heterocycles. The highest BCUT2D eigenvalue weighted by molar-refractivity contribution is 6.07. The summed E-state index contributed by atoms with van der Waals surface area (Å²) in [5.74, 6) is -0.689. The molecule has 0 heterocycles. The molecule has 0 aliphatic rings. The third-order valence-corrected chi connectivity index (χ3v) is 2.45. The fourth-order valence-corrected chi connectivity index (χ4v) is 1.33. The first-order valence-electron chi connectivity index (χ1n) is 5.51. The van der Waals surface area contributed by atoms with Crippen molar-refractivity contribution in [1.29, 1.82) is 0 Å². The molecule has 0 amide bonds. The van der Waals surface area contributed by atoms with E-state index in [4.69, 9.17) is 4.74 Å². The fraction of sp³-hybridized carbons (Fsp3) is 0.286. The maximum atomic E-state index is 11.7. The lowest BCUT2D eigenvalue weighted by Gasteiger charge is -2.01. The van der Waals surface area contributed by atoms with Gasteiger partial charge in [-0.2, -0.15) is 0 Å². The van der Waals surface area contributed by atoms with Gasteiger partial charge < -0.3 is 4.74 Å². The monoisotopic (exact) mass is 232 g/mol. The number of hydrogen-bond donors (Lipinski definition) is 0. The van der Waals surface area contributed by atoms with Gasteiger partial charge in [0.1, 0.15) is 0 Å². The fourth-order valence-electron chi connectivity index (χ4n) is 1.33. The van der Waals surface area contributed by atoms with Gasteiger partial charge >= 0.3 is 5.97 Å². The van der Waals surface area contributed by atoms with Crippen LogP contribution in [0.25, 0.3) is 0 Å². The number of carbonyl (C=O) groups is 2. The van der Waals surface area contributed by atoms with E-state index < -0.39 is 5.97 Å². The first-order valence-corrected chi connectivity index (χ1v) is 5.51. The number of benzene rings is 1. The maximum absolute atomic E-state index is 11.7. The summed E-state index contributed by atoms with van der Waals surface area (Å²) >= 11 is 0. The molecule has 0 aliphatic heterocycles. The van der Waals surface area contributed by atoms with Gasteiger partial charge in [-0.3, -0.25) is 4.79 Å². The van der Waals surface area contributed by atoms with Crippen molar-refractivity contribution in [2.75, 3.05) is 6.61 Å². The Morgan fingerprint density at radius 2 is 1.88 bits per heavy atom. The molecule has 0 fully saturated rings. The molecule has 3 heteroatoms. The van der Waals surface area contributed by atoms with Gasteiger partial charge in [-0.05, 0) is 44.0 Å². The SMILES string of the molecule is CCOC(=O)C=CC(=O)c1ccc(C)c(C)c1. The van der Waals surface area contributed by atoms with Crippen LogP contribution in [0.15, 0.2) is 30.4 Å². The Kier molecular flexibility index (Phi) is 4.64. The quantitative estimate of drug-likeness (QED) is 0.455. The summed E-state index contributed by atoms with van der Waals surface area (Å²) in [6.45, 7) is 5.96. The Morgan fingerprint density at radius 3 is 2.47 bits per heavy atom. The van der Waals surface area contributed by atoms with Gasteiger partial charge in [0.05, 0.1) is 6.61 Å². The summed E-state index contributed by atoms with van der Waals surface area (Å²) in [5.41, 5.74) is 2.77. The molecule has 0 spiro atoms. The third kappa shape index (κ3) is 3.87. The van der Waals surface area contributed by atoms with Gasteiger partial charge in [-0.15, -0.1) is 0 Å². The molecule has 0 radical (unpaired) electrons. The zero-order valence-electron chi connectivity index (χ0n) is 10.3. The highest BCUT2D eigenvalue weighted by atomic mass is 16.5. The minimum atomic E-state index is -0.496. The third-order valence-electron chi connectivity index (χ3n) is 2.45. The van der Waals surface area contributed by atoms with Crippen molar-refractivity contribution in [3.8, 4) is 0 Å². The Labute approximate surface area is 101 Å². The van der Waals surface area contributed by atoms with Gasteiger partial charge in [0.15, 0.2) is 5.78 Å². The van der Waals surface area contributed by atoms with E-state index in [1.165, 1.54) is 6.08 Å². The van der Waals surface area contributed by atoms with Crippen molar-refractivity contribution in [3.63, 3.8) is 0 Å². The molecule has 90 valence electrons. The lowest BCUT2D eigenvalue weighted by Crippen LogP contribution is -2.02. The van der Waals surface area contributed by atoms with Crippen LogP contribution in [-0.4, -0.2) is 18.4 Å². The Morgan fingerprint density at radius 1 is 1.18 bits per heavy atom. The number of allylic oxidation sites excluding steroid dienone is 1. The lowest BCUT2D eigenvalue weighted by molar-refractivity contribution is -0.137. The first-order chi connectivity index (χ1) is 8.04. The number of hydrogen-bond acceptors (Lipinski definition) is 3. The largest absolute Gasteiger partial charge is 0.463 e. The molecule has 0 aliphatic carbocycles. The normalized spacial score (nSPS) is 10.5.